The number of hydrogen-bond donors (Lipinski definition) is 5. The molecule has 2 heterocycles. The first-order valence-corrected chi connectivity index (χ1v) is 35.8. The number of carbonyl (C=O) groups is 2. The number of phosphoric ester groups is 2. The van der Waals surface area contributed by atoms with Crippen LogP contribution in [0.3, 0.4) is 0 Å². The lowest BCUT2D eigenvalue weighted by Gasteiger charge is -2.21. The van der Waals surface area contributed by atoms with Gasteiger partial charge in [0.05, 0.1) is 13.2 Å². The maximum Gasteiger partial charge on any atom is 0.481 e. The van der Waals surface area contributed by atoms with Crippen molar-refractivity contribution in [1.82, 2.24) is 9.55 Å². The smallest absolute Gasteiger partial charge is 0.462 e. The summed E-state index contributed by atoms with van der Waals surface area (Å²) in [5.41, 5.74) is 4.62. The Morgan fingerprint density at radius 2 is 0.939 bits per heavy atom. The maximum absolute atomic E-state index is 13.0. The minimum atomic E-state index is -5.43. The summed E-state index contributed by atoms with van der Waals surface area (Å²) in [6.07, 6.45) is 43.0. The molecule has 480 valence electrons. The summed E-state index contributed by atoms with van der Waals surface area (Å²) in [6, 6.07) is 1.26. The topological polar surface area (TPSA) is 265 Å². The van der Waals surface area contributed by atoms with Gasteiger partial charge in [0.2, 0.25) is 0 Å². The molecule has 1 aliphatic heterocycles. The van der Waals surface area contributed by atoms with Gasteiger partial charge in [-0.15, -0.1) is 0 Å². The molecule has 0 spiro atoms. The highest BCUT2D eigenvalue weighted by molar-refractivity contribution is 7.61. The lowest BCUT2D eigenvalue weighted by Crippen LogP contribution is -2.36. The van der Waals surface area contributed by atoms with Crippen LogP contribution in [0.5, 0.6) is 0 Å². The summed E-state index contributed by atoms with van der Waals surface area (Å²) >= 11 is 0. The summed E-state index contributed by atoms with van der Waals surface area (Å²) in [4.78, 5) is 62.4. The van der Waals surface area contributed by atoms with Gasteiger partial charge in [0.1, 0.15) is 30.7 Å². The van der Waals surface area contributed by atoms with Crippen LogP contribution in [-0.2, 0) is 46.3 Å². The zero-order valence-electron chi connectivity index (χ0n) is 51.7. The van der Waals surface area contributed by atoms with Crippen LogP contribution in [0, 0.1) is 11.8 Å². The van der Waals surface area contributed by atoms with E-state index in [1.807, 2.05) is 0 Å². The SMILES string of the molecule is CCC(C)CCCCCCCCCCCCCCCCCCCCC(=O)OC[C@H](COP(=O)(O)OP(=O)(O)OC[C@H]1O[C@@H](n2ccc(N)nc2=O)C(O)[C@H]1O)OC(=O)CCCCCCCCCCCCCCCCCCCCC(C)CC. The Bertz CT molecular complexity index is 1910. The van der Waals surface area contributed by atoms with Gasteiger partial charge in [0.15, 0.2) is 12.3 Å². The number of ether oxygens (including phenoxy) is 3. The van der Waals surface area contributed by atoms with Crippen molar-refractivity contribution < 1.29 is 66.3 Å². The monoisotopic (exact) mass is 1210 g/mol. The fourth-order valence-electron chi connectivity index (χ4n) is 10.4. The van der Waals surface area contributed by atoms with Crippen LogP contribution in [-0.4, -0.2) is 85.7 Å². The number of nitrogen functional groups attached to an aromatic ring is 1. The van der Waals surface area contributed by atoms with E-state index in [9.17, 15) is 43.5 Å². The molecule has 1 aromatic heterocycles. The molecule has 0 aromatic carbocycles. The average Bonchev–Trinajstić information content (AvgIpc) is 3.95. The lowest BCUT2D eigenvalue weighted by molar-refractivity contribution is -0.161. The number of anilines is 1. The second-order valence-corrected chi connectivity index (χ2v) is 26.9. The van der Waals surface area contributed by atoms with E-state index in [4.69, 9.17) is 29.0 Å². The van der Waals surface area contributed by atoms with Crippen LogP contribution in [0.25, 0.3) is 0 Å². The quantitative estimate of drug-likeness (QED) is 0.0230. The molecular formula is C62H117N3O15P2. The first-order valence-electron chi connectivity index (χ1n) is 32.8. The Kier molecular flexibility index (Phi) is 44.3. The third kappa shape index (κ3) is 39.5. The van der Waals surface area contributed by atoms with Gasteiger partial charge in [0, 0.05) is 19.0 Å². The zero-order chi connectivity index (χ0) is 60.1. The third-order valence-electron chi connectivity index (χ3n) is 16.3. The van der Waals surface area contributed by atoms with Crippen molar-refractivity contribution in [2.75, 3.05) is 25.6 Å². The molecule has 0 radical (unpaired) electrons. The highest BCUT2D eigenvalue weighted by atomic mass is 31.3. The third-order valence-corrected chi connectivity index (χ3v) is 18.9. The van der Waals surface area contributed by atoms with E-state index >= 15 is 0 Å². The molecular weight excluding hydrogens is 1090 g/mol. The number of aromatic nitrogens is 2. The molecule has 1 aliphatic rings. The van der Waals surface area contributed by atoms with Crippen molar-refractivity contribution in [3.05, 3.63) is 22.7 Å². The molecule has 5 unspecified atom stereocenters. The predicted octanol–water partition coefficient (Wildman–Crippen LogP) is 15.8. The first-order chi connectivity index (χ1) is 39.5. The standard InChI is InChI=1S/C62H117N3O15P2/c1-5-52(3)43-39-35-31-27-23-19-15-11-7-9-13-17-21-25-29-33-37-41-45-57(66)75-49-54(78-58(67)46-42-38-34-30-26-22-18-14-10-8-12-16-20-24-28-32-36-40-44-53(4)6-2)50-76-81(71,72)80-82(73,74)77-51-55-59(68)60(69)61(79-55)65-48-47-56(63)64-62(65)70/h47-48,52-55,59-61,68-69H,5-46,49-51H2,1-4H3,(H,71,72)(H,73,74)(H2,63,64,70)/t52?,53?,54-,55-,59+,60?,61-/m1/s1. The van der Waals surface area contributed by atoms with Gasteiger partial charge >= 0.3 is 33.3 Å². The summed E-state index contributed by atoms with van der Waals surface area (Å²) in [7, 11) is -10.8. The van der Waals surface area contributed by atoms with Gasteiger partial charge in [-0.05, 0) is 30.7 Å². The summed E-state index contributed by atoms with van der Waals surface area (Å²) in [6.45, 7) is 7.01. The molecule has 2 rings (SSSR count). The predicted molar refractivity (Wildman–Crippen MR) is 326 cm³/mol. The van der Waals surface area contributed by atoms with E-state index in [1.165, 1.54) is 211 Å². The highest BCUT2D eigenvalue weighted by Crippen LogP contribution is 2.60. The van der Waals surface area contributed by atoms with Gasteiger partial charge in [-0.1, -0.05) is 272 Å². The largest absolute Gasteiger partial charge is 0.481 e. The minimum Gasteiger partial charge on any atom is -0.462 e. The number of phosphoric acid groups is 2. The number of aliphatic hydroxyl groups is 2. The second-order valence-electron chi connectivity index (χ2n) is 23.8. The fourth-order valence-corrected chi connectivity index (χ4v) is 12.6. The minimum absolute atomic E-state index is 0.0585. The first kappa shape index (κ1) is 75.9. The molecule has 82 heavy (non-hydrogen) atoms. The van der Waals surface area contributed by atoms with Crippen molar-refractivity contribution in [3.63, 3.8) is 0 Å². The number of nitrogens with zero attached hydrogens (tertiary/aromatic N) is 2. The van der Waals surface area contributed by atoms with E-state index < -0.39 is 83.7 Å². The lowest BCUT2D eigenvalue weighted by atomic mass is 9.99. The van der Waals surface area contributed by atoms with Gasteiger partial charge in [-0.2, -0.15) is 9.29 Å². The highest BCUT2D eigenvalue weighted by Gasteiger charge is 2.46. The molecule has 0 saturated carbocycles. The van der Waals surface area contributed by atoms with Gasteiger partial charge in [0.25, 0.3) is 0 Å². The van der Waals surface area contributed by atoms with Crippen molar-refractivity contribution >= 4 is 33.4 Å². The molecule has 0 amide bonds. The van der Waals surface area contributed by atoms with E-state index in [0.717, 1.165) is 61.3 Å². The fraction of sp³-hybridized carbons (Fsp3) is 0.903. The Morgan fingerprint density at radius 3 is 1.33 bits per heavy atom. The van der Waals surface area contributed by atoms with Crippen LogP contribution >= 0.6 is 15.6 Å². The maximum atomic E-state index is 13.0. The number of rotatable bonds is 56. The average molecular weight is 1210 g/mol. The van der Waals surface area contributed by atoms with Crippen molar-refractivity contribution in [3.8, 4) is 0 Å². The summed E-state index contributed by atoms with van der Waals surface area (Å²) in [5, 5.41) is 21.0. The van der Waals surface area contributed by atoms with E-state index in [1.54, 1.807) is 0 Å². The Labute approximate surface area is 495 Å². The van der Waals surface area contributed by atoms with Crippen molar-refractivity contribution in [2.45, 2.75) is 328 Å². The Hall–Kier alpha value is -2.24. The Balaban J connectivity index is 1.69. The van der Waals surface area contributed by atoms with Crippen LogP contribution in [0.4, 0.5) is 5.82 Å². The summed E-state index contributed by atoms with van der Waals surface area (Å²) < 4.78 is 57.2. The summed E-state index contributed by atoms with van der Waals surface area (Å²) in [5.74, 6) is 0.480. The number of unbranched alkanes of at least 4 members (excludes halogenated alkanes) is 34. The molecule has 0 bridgehead atoms. The van der Waals surface area contributed by atoms with Crippen LogP contribution in [0.1, 0.15) is 304 Å². The Morgan fingerprint density at radius 1 is 0.573 bits per heavy atom. The second kappa shape index (κ2) is 47.9. The zero-order valence-corrected chi connectivity index (χ0v) is 53.5. The molecule has 1 saturated heterocycles. The van der Waals surface area contributed by atoms with Crippen LogP contribution < -0.4 is 11.4 Å². The van der Waals surface area contributed by atoms with E-state index in [0.29, 0.717) is 12.8 Å². The number of aliphatic hydroxyl groups excluding tert-OH is 2. The molecule has 9 atom stereocenters. The van der Waals surface area contributed by atoms with Gasteiger partial charge in [-0.25, -0.2) is 13.9 Å². The molecule has 1 fully saturated rings. The number of esters is 2. The van der Waals surface area contributed by atoms with E-state index in [2.05, 4.69) is 37.0 Å². The number of nitrogens with two attached hydrogens (primary N) is 1. The van der Waals surface area contributed by atoms with Crippen molar-refractivity contribution in [2.24, 2.45) is 11.8 Å². The molecule has 6 N–H and O–H groups in total. The van der Waals surface area contributed by atoms with Gasteiger partial charge < -0.3 is 39.9 Å². The van der Waals surface area contributed by atoms with Crippen LogP contribution in [0.2, 0.25) is 0 Å². The number of hydrogen-bond acceptors (Lipinski definition) is 15. The normalized spacial score (nSPS) is 18.9. The molecule has 18 nitrogen and oxygen atoms in total. The number of carbonyl (C=O) groups excluding carboxylic acids is 2. The molecule has 20 heteroatoms. The van der Waals surface area contributed by atoms with E-state index in [-0.39, 0.29) is 18.7 Å². The van der Waals surface area contributed by atoms with Crippen LogP contribution in [0.15, 0.2) is 17.1 Å². The molecule has 1 aromatic rings. The van der Waals surface area contributed by atoms with Crippen molar-refractivity contribution in [1.29, 1.82) is 0 Å². The molecule has 0 aliphatic carbocycles. The van der Waals surface area contributed by atoms with Gasteiger partial charge in [-0.3, -0.25) is 23.2 Å².